The fraction of sp³-hybridized carbons (Fsp3) is 0.381. The molecule has 3 rings (SSSR count). The van der Waals surface area contributed by atoms with Crippen LogP contribution in [0.4, 0.5) is 0 Å². The van der Waals surface area contributed by atoms with Gasteiger partial charge in [-0.25, -0.2) is 8.42 Å². The highest BCUT2D eigenvalue weighted by atomic mass is 35.5. The Balaban J connectivity index is 1.75. The molecular formula is C21H25ClN2O4S. The van der Waals surface area contributed by atoms with E-state index in [1.54, 1.807) is 7.11 Å². The number of rotatable bonds is 6. The lowest BCUT2D eigenvalue weighted by atomic mass is 10.2. The van der Waals surface area contributed by atoms with E-state index in [2.05, 4.69) is 5.32 Å². The Bertz CT molecular complexity index is 953. The van der Waals surface area contributed by atoms with E-state index < -0.39 is 15.9 Å². The van der Waals surface area contributed by atoms with E-state index in [1.165, 1.54) is 22.5 Å². The lowest BCUT2D eigenvalue weighted by Crippen LogP contribution is -2.32. The Morgan fingerprint density at radius 1 is 1.07 bits per heavy atom. The molecule has 156 valence electrons. The van der Waals surface area contributed by atoms with Crippen LogP contribution in [0.5, 0.6) is 5.75 Å². The number of sulfonamides is 1. The second-order valence-corrected chi connectivity index (χ2v) is 9.34. The number of nitrogens with one attached hydrogen (secondary N) is 1. The summed E-state index contributed by atoms with van der Waals surface area (Å²) < 4.78 is 32.6. The number of methoxy groups -OCH3 is 1. The van der Waals surface area contributed by atoms with Gasteiger partial charge in [0.15, 0.2) is 0 Å². The maximum Gasteiger partial charge on any atom is 0.253 e. The van der Waals surface area contributed by atoms with Crippen molar-refractivity contribution in [2.24, 2.45) is 0 Å². The van der Waals surface area contributed by atoms with Gasteiger partial charge in [0.1, 0.15) is 5.75 Å². The molecule has 0 aliphatic carbocycles. The fourth-order valence-electron chi connectivity index (χ4n) is 3.29. The van der Waals surface area contributed by atoms with Crippen LogP contribution in [-0.4, -0.2) is 38.8 Å². The van der Waals surface area contributed by atoms with Crippen molar-refractivity contribution in [1.82, 2.24) is 9.62 Å². The van der Waals surface area contributed by atoms with Crippen LogP contribution >= 0.6 is 11.6 Å². The minimum Gasteiger partial charge on any atom is -0.497 e. The molecule has 0 saturated carbocycles. The zero-order chi connectivity index (χ0) is 20.9. The second kappa shape index (κ2) is 9.61. The van der Waals surface area contributed by atoms with Crippen molar-refractivity contribution in [3.8, 4) is 5.75 Å². The number of ether oxygens (including phenoxy) is 1. The minimum absolute atomic E-state index is 0.0957. The first-order chi connectivity index (χ1) is 13.9. The molecule has 0 atom stereocenters. The summed E-state index contributed by atoms with van der Waals surface area (Å²) in [4.78, 5) is 12.7. The highest BCUT2D eigenvalue weighted by Crippen LogP contribution is 2.25. The largest absolute Gasteiger partial charge is 0.497 e. The molecule has 0 spiro atoms. The van der Waals surface area contributed by atoms with Gasteiger partial charge in [-0.1, -0.05) is 36.6 Å². The number of hydrogen-bond acceptors (Lipinski definition) is 4. The van der Waals surface area contributed by atoms with Crippen LogP contribution in [0.2, 0.25) is 5.02 Å². The highest BCUT2D eigenvalue weighted by molar-refractivity contribution is 7.89. The zero-order valence-electron chi connectivity index (χ0n) is 16.4. The first-order valence-electron chi connectivity index (χ1n) is 9.62. The summed E-state index contributed by atoms with van der Waals surface area (Å²) in [7, 11) is -2.06. The smallest absolute Gasteiger partial charge is 0.253 e. The summed E-state index contributed by atoms with van der Waals surface area (Å²) in [6.45, 7) is 1.30. The number of amides is 1. The van der Waals surface area contributed by atoms with Gasteiger partial charge in [0.05, 0.1) is 22.6 Å². The molecule has 1 heterocycles. The van der Waals surface area contributed by atoms with Gasteiger partial charge in [-0.3, -0.25) is 4.79 Å². The average Bonchev–Trinajstić information content (AvgIpc) is 3.03. The molecule has 8 heteroatoms. The van der Waals surface area contributed by atoms with Crippen molar-refractivity contribution >= 4 is 27.5 Å². The molecule has 29 heavy (non-hydrogen) atoms. The Morgan fingerprint density at radius 3 is 2.34 bits per heavy atom. The first kappa shape index (κ1) is 21.6. The van der Waals surface area contributed by atoms with Crippen molar-refractivity contribution in [3.05, 3.63) is 58.6 Å². The Hall–Kier alpha value is -2.09. The second-order valence-electron chi connectivity index (χ2n) is 6.99. The van der Waals surface area contributed by atoms with E-state index >= 15 is 0 Å². The van der Waals surface area contributed by atoms with E-state index in [0.29, 0.717) is 19.6 Å². The summed E-state index contributed by atoms with van der Waals surface area (Å²) in [6, 6.07) is 11.6. The fourth-order valence-corrected chi connectivity index (χ4v) is 5.04. The van der Waals surface area contributed by atoms with E-state index in [4.69, 9.17) is 16.3 Å². The third-order valence-electron chi connectivity index (χ3n) is 5.00. The predicted octanol–water partition coefficient (Wildman–Crippen LogP) is 3.84. The van der Waals surface area contributed by atoms with Gasteiger partial charge < -0.3 is 10.1 Å². The summed E-state index contributed by atoms with van der Waals surface area (Å²) in [5, 5.41) is 3.00. The quantitative estimate of drug-likeness (QED) is 0.746. The van der Waals surface area contributed by atoms with Gasteiger partial charge in [-0.15, -0.1) is 0 Å². The summed E-state index contributed by atoms with van der Waals surface area (Å²) in [6.07, 6.45) is 3.77. The van der Waals surface area contributed by atoms with Crippen LogP contribution < -0.4 is 10.1 Å². The number of carbonyl (C=O) groups excluding carboxylic acids is 1. The van der Waals surface area contributed by atoms with Crippen LogP contribution in [0.25, 0.3) is 0 Å². The lowest BCUT2D eigenvalue weighted by Gasteiger charge is -2.20. The van der Waals surface area contributed by atoms with E-state index in [0.717, 1.165) is 37.0 Å². The lowest BCUT2D eigenvalue weighted by molar-refractivity contribution is 0.0951. The van der Waals surface area contributed by atoms with Gasteiger partial charge in [-0.2, -0.15) is 4.31 Å². The SMILES string of the molecule is COc1ccc(CNC(=O)c2cc(S(=O)(=O)N3CCCCCC3)ccc2Cl)cc1. The van der Waals surface area contributed by atoms with Crippen molar-refractivity contribution in [2.75, 3.05) is 20.2 Å². The van der Waals surface area contributed by atoms with Gasteiger partial charge in [0.2, 0.25) is 10.0 Å². The Morgan fingerprint density at radius 2 is 1.72 bits per heavy atom. The number of halogens is 1. The third-order valence-corrected chi connectivity index (χ3v) is 7.22. The van der Waals surface area contributed by atoms with Gasteiger partial charge >= 0.3 is 0 Å². The zero-order valence-corrected chi connectivity index (χ0v) is 17.9. The molecule has 1 amide bonds. The molecule has 0 radical (unpaired) electrons. The van der Waals surface area contributed by atoms with Crippen molar-refractivity contribution in [1.29, 1.82) is 0 Å². The van der Waals surface area contributed by atoms with Crippen molar-refractivity contribution in [2.45, 2.75) is 37.1 Å². The molecule has 1 saturated heterocycles. The van der Waals surface area contributed by atoms with E-state index in [9.17, 15) is 13.2 Å². The van der Waals surface area contributed by atoms with Crippen LogP contribution in [0, 0.1) is 0 Å². The highest BCUT2D eigenvalue weighted by Gasteiger charge is 2.26. The summed E-state index contributed by atoms with van der Waals surface area (Å²) >= 11 is 6.19. The topological polar surface area (TPSA) is 75.7 Å². The maximum absolute atomic E-state index is 13.0. The number of nitrogens with zero attached hydrogens (tertiary/aromatic N) is 1. The monoisotopic (exact) mass is 436 g/mol. The molecule has 0 aromatic heterocycles. The molecule has 1 fully saturated rings. The molecule has 6 nitrogen and oxygen atoms in total. The summed E-state index contributed by atoms with van der Waals surface area (Å²) in [5.74, 6) is 0.313. The van der Waals surface area contributed by atoms with Gasteiger partial charge in [0.25, 0.3) is 5.91 Å². The number of hydrogen-bond donors (Lipinski definition) is 1. The molecule has 1 N–H and O–H groups in total. The average molecular weight is 437 g/mol. The van der Waals surface area contributed by atoms with Crippen molar-refractivity contribution < 1.29 is 17.9 Å². The third kappa shape index (κ3) is 5.29. The van der Waals surface area contributed by atoms with Crippen molar-refractivity contribution in [3.63, 3.8) is 0 Å². The molecule has 2 aromatic carbocycles. The molecule has 0 bridgehead atoms. The molecule has 2 aromatic rings. The van der Waals surface area contributed by atoms with E-state index in [1.807, 2.05) is 24.3 Å². The Kier molecular flexibility index (Phi) is 7.16. The normalized spacial score (nSPS) is 15.5. The Labute approximate surface area is 176 Å². The van der Waals surface area contributed by atoms with E-state index in [-0.39, 0.29) is 15.5 Å². The van der Waals surface area contributed by atoms with Crippen LogP contribution in [0.3, 0.4) is 0 Å². The molecule has 0 unspecified atom stereocenters. The summed E-state index contributed by atoms with van der Waals surface area (Å²) in [5.41, 5.74) is 1.04. The van der Waals surface area contributed by atoms with Crippen LogP contribution in [0.15, 0.2) is 47.4 Å². The first-order valence-corrected chi connectivity index (χ1v) is 11.4. The number of benzene rings is 2. The van der Waals surface area contributed by atoms with Crippen LogP contribution in [0.1, 0.15) is 41.6 Å². The predicted molar refractivity (Wildman–Crippen MR) is 113 cm³/mol. The number of carbonyl (C=O) groups is 1. The molecular weight excluding hydrogens is 412 g/mol. The molecule has 1 aliphatic rings. The minimum atomic E-state index is -3.65. The van der Waals surface area contributed by atoms with Gasteiger partial charge in [-0.05, 0) is 48.7 Å². The van der Waals surface area contributed by atoms with Gasteiger partial charge in [0, 0.05) is 19.6 Å². The maximum atomic E-state index is 13.0. The van der Waals surface area contributed by atoms with Crippen LogP contribution in [-0.2, 0) is 16.6 Å². The standard InChI is InChI=1S/C21H25ClN2O4S/c1-28-17-8-6-16(7-9-17)15-23-21(25)19-14-18(10-11-20(19)22)29(26,27)24-12-4-2-3-5-13-24/h6-11,14H,2-5,12-13,15H2,1H3,(H,23,25). The molecule has 1 aliphatic heterocycles.